The zero-order chi connectivity index (χ0) is 27.0. The smallest absolute Gasteiger partial charge is 0.304 e. The third-order valence-corrected chi connectivity index (χ3v) is 8.67. The summed E-state index contributed by atoms with van der Waals surface area (Å²) in [6, 6.07) is 15.2. The summed E-state index contributed by atoms with van der Waals surface area (Å²) in [5.41, 5.74) is 3.47. The van der Waals surface area contributed by atoms with E-state index in [0.29, 0.717) is 46.4 Å². The lowest BCUT2D eigenvalue weighted by atomic mass is 9.87. The molecule has 3 aromatic carbocycles. The molecule has 0 radical (unpaired) electrons. The highest BCUT2D eigenvalue weighted by atomic mass is 35.5. The van der Waals surface area contributed by atoms with Gasteiger partial charge in [-0.25, -0.2) is 13.1 Å². The number of halogens is 1. The van der Waals surface area contributed by atoms with Crippen LogP contribution in [-0.4, -0.2) is 59.1 Å². The Hall–Kier alpha value is -3.67. The zero-order valence-electron chi connectivity index (χ0n) is 20.7. The summed E-state index contributed by atoms with van der Waals surface area (Å²) >= 11 is 6.47. The van der Waals surface area contributed by atoms with Crippen LogP contribution in [0.25, 0.3) is 11.0 Å². The van der Waals surface area contributed by atoms with Crippen molar-refractivity contribution in [1.82, 2.24) is 19.3 Å². The monoisotopic (exact) mass is 556 g/mol. The van der Waals surface area contributed by atoms with E-state index in [4.69, 9.17) is 21.1 Å². The number of benzene rings is 3. The Morgan fingerprint density at radius 2 is 1.79 bits per heavy atom. The number of carboxylic acid groups (broad SMARTS) is 1. The maximum absolute atomic E-state index is 13.3. The number of sulfonamides is 1. The van der Waals surface area contributed by atoms with E-state index in [1.807, 2.05) is 18.2 Å². The van der Waals surface area contributed by atoms with Crippen LogP contribution in [0.5, 0.6) is 11.5 Å². The molecule has 2 heterocycles. The van der Waals surface area contributed by atoms with Gasteiger partial charge in [0.05, 0.1) is 16.8 Å². The summed E-state index contributed by atoms with van der Waals surface area (Å²) < 4.78 is 40.5. The van der Waals surface area contributed by atoms with E-state index >= 15 is 0 Å². The number of nitrogens with zero attached hydrogens (tertiary/aromatic N) is 4. The normalized spacial score (nSPS) is 14.1. The van der Waals surface area contributed by atoms with Crippen molar-refractivity contribution in [1.29, 1.82) is 0 Å². The molecule has 1 unspecified atom stereocenters. The van der Waals surface area contributed by atoms with Crippen molar-refractivity contribution in [3.05, 3.63) is 76.3 Å². The number of carboxylic acids is 1. The number of rotatable bonds is 8. The van der Waals surface area contributed by atoms with Crippen LogP contribution >= 0.6 is 11.6 Å². The van der Waals surface area contributed by atoms with Crippen LogP contribution in [0.2, 0.25) is 5.02 Å². The number of aromatic nitrogens is 3. The van der Waals surface area contributed by atoms with Crippen molar-refractivity contribution in [2.75, 3.05) is 20.3 Å². The van der Waals surface area contributed by atoms with Crippen molar-refractivity contribution in [2.24, 2.45) is 7.05 Å². The highest BCUT2D eigenvalue weighted by Gasteiger charge is 2.26. The SMILES string of the molecule is CN(Cc1cc(C(CC(=O)O)c2ccc3c(c2)nnn3C)ccc1Cl)S(=O)(=O)c1ccc2c(c1)OCCO2. The second kappa shape index (κ2) is 10.2. The molecule has 10 nitrogen and oxygen atoms in total. The van der Waals surface area contributed by atoms with E-state index in [9.17, 15) is 18.3 Å². The fourth-order valence-corrected chi connectivity index (χ4v) is 5.84. The minimum absolute atomic E-state index is 0.0214. The van der Waals surface area contributed by atoms with Crippen molar-refractivity contribution in [3.63, 3.8) is 0 Å². The van der Waals surface area contributed by atoms with E-state index in [1.54, 1.807) is 36.0 Å². The second-order valence-corrected chi connectivity index (χ2v) is 11.5. The lowest BCUT2D eigenvalue weighted by Gasteiger charge is -2.22. The lowest BCUT2D eigenvalue weighted by Crippen LogP contribution is -2.27. The fraction of sp³-hybridized carbons (Fsp3) is 0.269. The zero-order valence-corrected chi connectivity index (χ0v) is 22.2. The highest BCUT2D eigenvalue weighted by Crippen LogP contribution is 2.35. The van der Waals surface area contributed by atoms with Gasteiger partial charge in [0, 0.05) is 37.6 Å². The van der Waals surface area contributed by atoms with Gasteiger partial charge in [-0.3, -0.25) is 4.79 Å². The molecule has 12 heteroatoms. The van der Waals surface area contributed by atoms with Gasteiger partial charge in [0.1, 0.15) is 18.7 Å². The van der Waals surface area contributed by atoms with Gasteiger partial charge in [0.2, 0.25) is 10.0 Å². The topological polar surface area (TPSA) is 124 Å². The minimum atomic E-state index is -3.89. The molecule has 1 atom stereocenters. The van der Waals surface area contributed by atoms with E-state index in [0.717, 1.165) is 11.1 Å². The Balaban J connectivity index is 1.45. The third kappa shape index (κ3) is 5.04. The molecule has 4 aromatic rings. The van der Waals surface area contributed by atoms with Gasteiger partial charge < -0.3 is 14.6 Å². The number of hydrogen-bond acceptors (Lipinski definition) is 7. The number of carbonyl (C=O) groups is 1. The molecule has 0 amide bonds. The Labute approximate surface area is 224 Å². The average molecular weight is 557 g/mol. The summed E-state index contributed by atoms with van der Waals surface area (Å²) in [6.45, 7) is 0.728. The van der Waals surface area contributed by atoms with Crippen LogP contribution in [0, 0.1) is 0 Å². The molecule has 38 heavy (non-hydrogen) atoms. The van der Waals surface area contributed by atoms with E-state index in [-0.39, 0.29) is 17.9 Å². The molecule has 0 bridgehead atoms. The first-order chi connectivity index (χ1) is 18.1. The minimum Gasteiger partial charge on any atom is -0.486 e. The quantitative estimate of drug-likeness (QED) is 0.347. The molecule has 5 rings (SSSR count). The largest absolute Gasteiger partial charge is 0.486 e. The highest BCUT2D eigenvalue weighted by molar-refractivity contribution is 7.89. The predicted octanol–water partition coefficient (Wildman–Crippen LogP) is 3.82. The molecule has 1 aliphatic rings. The van der Waals surface area contributed by atoms with Crippen LogP contribution < -0.4 is 9.47 Å². The lowest BCUT2D eigenvalue weighted by molar-refractivity contribution is -0.137. The average Bonchev–Trinajstić information content (AvgIpc) is 3.28. The first kappa shape index (κ1) is 26.0. The van der Waals surface area contributed by atoms with Crippen molar-refractivity contribution < 1.29 is 27.8 Å². The Kier molecular flexibility index (Phi) is 6.99. The number of aryl methyl sites for hydroxylation is 1. The number of hydrogen-bond donors (Lipinski definition) is 1. The molecular formula is C26H25ClN4O6S. The molecule has 198 valence electrons. The van der Waals surface area contributed by atoms with Crippen LogP contribution in [0.15, 0.2) is 59.5 Å². The first-order valence-corrected chi connectivity index (χ1v) is 13.6. The standard InChI is InChI=1S/C26H25ClN4O6S/c1-30(38(34,35)19-5-8-24-25(13-19)37-10-9-36-24)15-18-11-16(3-6-21(18)27)20(14-26(32)33)17-4-7-23-22(12-17)28-29-31(23)2/h3-8,11-13,20H,9-10,14-15H2,1-2H3,(H,32,33). The van der Waals surface area contributed by atoms with Gasteiger partial charge in [-0.2, -0.15) is 4.31 Å². The molecule has 0 aliphatic carbocycles. The molecule has 1 N–H and O–H groups in total. The summed E-state index contributed by atoms with van der Waals surface area (Å²) in [5.74, 6) is -0.598. The van der Waals surface area contributed by atoms with Crippen LogP contribution in [0.4, 0.5) is 0 Å². The molecule has 0 fully saturated rings. The van der Waals surface area contributed by atoms with Gasteiger partial charge in [-0.05, 0) is 47.0 Å². The maximum Gasteiger partial charge on any atom is 0.304 e. The van der Waals surface area contributed by atoms with Gasteiger partial charge in [-0.1, -0.05) is 35.0 Å². The molecule has 1 aliphatic heterocycles. The van der Waals surface area contributed by atoms with E-state index < -0.39 is 21.9 Å². The third-order valence-electron chi connectivity index (χ3n) is 6.50. The summed E-state index contributed by atoms with van der Waals surface area (Å²) in [6.07, 6.45) is -0.168. The van der Waals surface area contributed by atoms with Crippen molar-refractivity contribution in [2.45, 2.75) is 23.8 Å². The van der Waals surface area contributed by atoms with Gasteiger partial charge in [0.25, 0.3) is 0 Å². The van der Waals surface area contributed by atoms with E-state index in [2.05, 4.69) is 10.3 Å². The molecular weight excluding hydrogens is 532 g/mol. The second-order valence-electron chi connectivity index (χ2n) is 9.03. The Morgan fingerprint density at radius 1 is 1.08 bits per heavy atom. The molecule has 0 saturated carbocycles. The molecule has 0 spiro atoms. The molecule has 1 aromatic heterocycles. The van der Waals surface area contributed by atoms with Gasteiger partial charge in [0.15, 0.2) is 11.5 Å². The van der Waals surface area contributed by atoms with Gasteiger partial charge >= 0.3 is 5.97 Å². The van der Waals surface area contributed by atoms with Crippen LogP contribution in [0.3, 0.4) is 0 Å². The maximum atomic E-state index is 13.3. The first-order valence-electron chi connectivity index (χ1n) is 11.8. The summed E-state index contributed by atoms with van der Waals surface area (Å²) in [4.78, 5) is 11.8. The molecule has 0 saturated heterocycles. The summed E-state index contributed by atoms with van der Waals surface area (Å²) in [7, 11) is -0.640. The predicted molar refractivity (Wildman–Crippen MR) is 140 cm³/mol. The van der Waals surface area contributed by atoms with Crippen LogP contribution in [-0.2, 0) is 28.4 Å². The summed E-state index contributed by atoms with van der Waals surface area (Å²) in [5, 5.41) is 18.2. The fourth-order valence-electron chi connectivity index (χ4n) is 4.50. The van der Waals surface area contributed by atoms with Crippen molar-refractivity contribution >= 4 is 38.6 Å². The number of ether oxygens (including phenoxy) is 2. The van der Waals surface area contributed by atoms with E-state index in [1.165, 1.54) is 23.5 Å². The number of aliphatic carboxylic acids is 1. The van der Waals surface area contributed by atoms with Crippen LogP contribution in [0.1, 0.15) is 29.0 Å². The van der Waals surface area contributed by atoms with Crippen molar-refractivity contribution in [3.8, 4) is 11.5 Å². The number of fused-ring (bicyclic) bond motifs is 2. The van der Waals surface area contributed by atoms with Gasteiger partial charge in [-0.15, -0.1) is 5.10 Å². The Morgan fingerprint density at radius 3 is 2.55 bits per heavy atom. The Bertz CT molecular complexity index is 1640.